The summed E-state index contributed by atoms with van der Waals surface area (Å²) >= 11 is 0. The Hall–Kier alpha value is -1.63. The molecule has 1 unspecified atom stereocenters. The second-order valence-corrected chi connectivity index (χ2v) is 5.19. The van der Waals surface area contributed by atoms with Crippen molar-refractivity contribution in [1.29, 1.82) is 0 Å². The number of carbonyl (C=O) groups is 1. The number of halogens is 3. The molecule has 1 aromatic heterocycles. The van der Waals surface area contributed by atoms with Crippen LogP contribution < -0.4 is 10.6 Å². The van der Waals surface area contributed by atoms with Crippen molar-refractivity contribution in [3.8, 4) is 0 Å². The topological polar surface area (TPSA) is 54.0 Å². The molecule has 7 heteroatoms. The monoisotopic (exact) mass is 301 g/mol. The highest BCUT2D eigenvalue weighted by Gasteiger charge is 2.30. The van der Waals surface area contributed by atoms with E-state index < -0.39 is 17.6 Å². The maximum Gasteiger partial charge on any atom is 0.417 e. The molecule has 4 nitrogen and oxygen atoms in total. The average molecular weight is 301 g/mol. The van der Waals surface area contributed by atoms with E-state index >= 15 is 0 Å². The fraction of sp³-hybridized carbons (Fsp3) is 0.571. The van der Waals surface area contributed by atoms with Crippen LogP contribution in [-0.4, -0.2) is 30.5 Å². The Morgan fingerprint density at radius 1 is 1.43 bits per heavy atom. The van der Waals surface area contributed by atoms with Crippen molar-refractivity contribution in [3.05, 3.63) is 29.6 Å². The second-order valence-electron chi connectivity index (χ2n) is 5.19. The average Bonchev–Trinajstić information content (AvgIpc) is 2.47. The molecule has 1 atom stereocenters. The fourth-order valence-electron chi connectivity index (χ4n) is 2.35. The third-order valence-corrected chi connectivity index (χ3v) is 3.56. The van der Waals surface area contributed by atoms with Gasteiger partial charge in [0.2, 0.25) is 0 Å². The summed E-state index contributed by atoms with van der Waals surface area (Å²) in [5, 5.41) is 5.99. The molecule has 2 heterocycles. The lowest BCUT2D eigenvalue weighted by atomic mass is 9.96. The number of hydrogen-bond donors (Lipinski definition) is 2. The van der Waals surface area contributed by atoms with E-state index in [2.05, 4.69) is 15.6 Å². The van der Waals surface area contributed by atoms with E-state index in [1.54, 1.807) is 0 Å². The van der Waals surface area contributed by atoms with Gasteiger partial charge in [0.25, 0.3) is 5.91 Å². The fourth-order valence-corrected chi connectivity index (χ4v) is 2.35. The predicted octanol–water partition coefficient (Wildman–Crippen LogP) is 2.22. The number of aromatic nitrogens is 1. The van der Waals surface area contributed by atoms with Crippen molar-refractivity contribution < 1.29 is 18.0 Å². The Balaban J connectivity index is 1.80. The zero-order chi connectivity index (χ0) is 15.3. The number of rotatable bonds is 4. The third-order valence-electron chi connectivity index (χ3n) is 3.56. The highest BCUT2D eigenvalue weighted by molar-refractivity contribution is 5.92. The second kappa shape index (κ2) is 6.89. The Bertz CT molecular complexity index is 467. The van der Waals surface area contributed by atoms with E-state index in [0.29, 0.717) is 18.7 Å². The summed E-state index contributed by atoms with van der Waals surface area (Å²) in [4.78, 5) is 15.3. The minimum Gasteiger partial charge on any atom is -0.351 e. The summed E-state index contributed by atoms with van der Waals surface area (Å²) in [6.45, 7) is 2.50. The Morgan fingerprint density at radius 3 is 2.81 bits per heavy atom. The van der Waals surface area contributed by atoms with Crippen LogP contribution in [0.2, 0.25) is 0 Å². The Morgan fingerprint density at radius 2 is 2.24 bits per heavy atom. The zero-order valence-corrected chi connectivity index (χ0v) is 11.5. The van der Waals surface area contributed by atoms with Gasteiger partial charge in [-0.1, -0.05) is 0 Å². The van der Waals surface area contributed by atoms with Gasteiger partial charge in [0, 0.05) is 12.7 Å². The van der Waals surface area contributed by atoms with Crippen LogP contribution >= 0.6 is 0 Å². The number of nitrogens with one attached hydrogen (secondary N) is 2. The van der Waals surface area contributed by atoms with E-state index in [0.717, 1.165) is 44.5 Å². The van der Waals surface area contributed by atoms with Gasteiger partial charge in [-0.15, -0.1) is 0 Å². The van der Waals surface area contributed by atoms with Crippen molar-refractivity contribution >= 4 is 5.91 Å². The van der Waals surface area contributed by atoms with Gasteiger partial charge in [0.15, 0.2) is 0 Å². The van der Waals surface area contributed by atoms with Gasteiger partial charge >= 0.3 is 6.18 Å². The van der Waals surface area contributed by atoms with Gasteiger partial charge in [-0.3, -0.25) is 9.78 Å². The van der Waals surface area contributed by atoms with Gasteiger partial charge in [-0.25, -0.2) is 0 Å². The smallest absolute Gasteiger partial charge is 0.351 e. The maximum atomic E-state index is 12.4. The van der Waals surface area contributed by atoms with Crippen molar-refractivity contribution in [3.63, 3.8) is 0 Å². The molecule has 2 N–H and O–H groups in total. The largest absolute Gasteiger partial charge is 0.417 e. The lowest BCUT2D eigenvalue weighted by Crippen LogP contribution is -2.33. The number of piperidine rings is 1. The molecule has 0 aromatic carbocycles. The summed E-state index contributed by atoms with van der Waals surface area (Å²) < 4.78 is 37.1. The predicted molar refractivity (Wildman–Crippen MR) is 71.8 cm³/mol. The first kappa shape index (κ1) is 15.8. The first-order valence-electron chi connectivity index (χ1n) is 6.99. The highest BCUT2D eigenvalue weighted by atomic mass is 19.4. The van der Waals surface area contributed by atoms with Crippen LogP contribution in [0.4, 0.5) is 13.2 Å². The van der Waals surface area contributed by atoms with Crippen LogP contribution in [0, 0.1) is 5.92 Å². The summed E-state index contributed by atoms with van der Waals surface area (Å²) in [5.41, 5.74) is -0.850. The SMILES string of the molecule is O=C(NCCC1CCCNC1)c1ccc(C(F)(F)F)cn1. The van der Waals surface area contributed by atoms with E-state index in [1.807, 2.05) is 0 Å². The summed E-state index contributed by atoms with van der Waals surface area (Å²) in [7, 11) is 0. The van der Waals surface area contributed by atoms with E-state index in [1.165, 1.54) is 0 Å². The first-order chi connectivity index (χ1) is 9.97. The van der Waals surface area contributed by atoms with Crippen molar-refractivity contribution in [1.82, 2.24) is 15.6 Å². The molecule has 1 saturated heterocycles. The van der Waals surface area contributed by atoms with E-state index in [-0.39, 0.29) is 5.69 Å². The van der Waals surface area contributed by atoms with Crippen LogP contribution in [-0.2, 0) is 6.18 Å². The summed E-state index contributed by atoms with van der Waals surface area (Å²) in [6, 6.07) is 1.97. The lowest BCUT2D eigenvalue weighted by Gasteiger charge is -2.22. The van der Waals surface area contributed by atoms with Crippen molar-refractivity contribution in [2.24, 2.45) is 5.92 Å². The molecule has 0 aliphatic carbocycles. The molecule has 1 amide bonds. The van der Waals surface area contributed by atoms with E-state index in [4.69, 9.17) is 0 Å². The molecule has 116 valence electrons. The van der Waals surface area contributed by atoms with Gasteiger partial charge in [0.1, 0.15) is 5.69 Å². The van der Waals surface area contributed by atoms with Gasteiger partial charge in [0.05, 0.1) is 5.56 Å². The summed E-state index contributed by atoms with van der Waals surface area (Å²) in [5.74, 6) is 0.104. The number of pyridine rings is 1. The minimum absolute atomic E-state index is 0.00442. The van der Waals surface area contributed by atoms with Gasteiger partial charge in [-0.05, 0) is 50.4 Å². The molecular weight excluding hydrogens is 283 g/mol. The van der Waals surface area contributed by atoms with Crippen LogP contribution in [0.3, 0.4) is 0 Å². The van der Waals surface area contributed by atoms with Gasteiger partial charge < -0.3 is 10.6 Å². The number of carbonyl (C=O) groups excluding carboxylic acids is 1. The molecule has 0 saturated carbocycles. The zero-order valence-electron chi connectivity index (χ0n) is 11.5. The quantitative estimate of drug-likeness (QED) is 0.896. The number of nitrogens with zero attached hydrogens (tertiary/aromatic N) is 1. The Labute approximate surface area is 121 Å². The van der Waals surface area contributed by atoms with Crippen LogP contribution in [0.25, 0.3) is 0 Å². The molecule has 21 heavy (non-hydrogen) atoms. The molecule has 1 aliphatic rings. The molecule has 1 aliphatic heterocycles. The molecule has 0 radical (unpaired) electrons. The third kappa shape index (κ3) is 4.70. The number of amides is 1. The normalized spacial score (nSPS) is 19.3. The molecule has 0 bridgehead atoms. The number of hydrogen-bond acceptors (Lipinski definition) is 3. The van der Waals surface area contributed by atoms with Crippen LogP contribution in [0.1, 0.15) is 35.3 Å². The molecule has 0 spiro atoms. The summed E-state index contributed by atoms with van der Waals surface area (Å²) in [6.07, 6.45) is -0.615. The van der Waals surface area contributed by atoms with Crippen LogP contribution in [0.15, 0.2) is 18.3 Å². The highest BCUT2D eigenvalue weighted by Crippen LogP contribution is 2.28. The van der Waals surface area contributed by atoms with Crippen LogP contribution in [0.5, 0.6) is 0 Å². The van der Waals surface area contributed by atoms with Gasteiger partial charge in [-0.2, -0.15) is 13.2 Å². The Kier molecular flexibility index (Phi) is 5.17. The first-order valence-corrected chi connectivity index (χ1v) is 6.99. The molecular formula is C14H18F3N3O. The van der Waals surface area contributed by atoms with Crippen molar-refractivity contribution in [2.45, 2.75) is 25.4 Å². The molecule has 1 aromatic rings. The standard InChI is InChI=1S/C14H18F3N3O/c15-14(16,17)11-3-4-12(20-9-11)13(21)19-7-5-10-2-1-6-18-8-10/h3-4,9-10,18H,1-2,5-8H2,(H,19,21). The lowest BCUT2D eigenvalue weighted by molar-refractivity contribution is -0.137. The molecule has 2 rings (SSSR count). The van der Waals surface area contributed by atoms with Crippen molar-refractivity contribution in [2.75, 3.05) is 19.6 Å². The molecule has 1 fully saturated rings. The minimum atomic E-state index is -4.43. The number of alkyl halides is 3. The van der Waals surface area contributed by atoms with E-state index in [9.17, 15) is 18.0 Å². The maximum absolute atomic E-state index is 12.4.